The number of methoxy groups -OCH3 is 1. The molecular formula is C15H14N2O4. The van der Waals surface area contributed by atoms with Gasteiger partial charge in [0.25, 0.3) is 5.91 Å². The van der Waals surface area contributed by atoms with Crippen LogP contribution in [0, 0.1) is 6.92 Å². The third-order valence-electron chi connectivity index (χ3n) is 2.90. The Kier molecular flexibility index (Phi) is 4.18. The van der Waals surface area contributed by atoms with E-state index in [-0.39, 0.29) is 11.3 Å². The molecule has 0 atom stereocenters. The third kappa shape index (κ3) is 3.36. The van der Waals surface area contributed by atoms with Crippen molar-refractivity contribution in [1.29, 1.82) is 0 Å². The van der Waals surface area contributed by atoms with Gasteiger partial charge in [-0.05, 0) is 43.3 Å². The fourth-order valence-electron chi connectivity index (χ4n) is 1.78. The molecule has 2 N–H and O–H groups in total. The van der Waals surface area contributed by atoms with E-state index in [4.69, 9.17) is 9.84 Å². The van der Waals surface area contributed by atoms with Crippen LogP contribution in [-0.4, -0.2) is 29.1 Å². The lowest BCUT2D eigenvalue weighted by Gasteiger charge is -2.07. The molecule has 0 saturated carbocycles. The molecule has 2 aromatic rings. The molecule has 0 fully saturated rings. The number of benzene rings is 1. The van der Waals surface area contributed by atoms with Gasteiger partial charge in [-0.3, -0.25) is 4.79 Å². The van der Waals surface area contributed by atoms with Gasteiger partial charge in [0.15, 0.2) is 0 Å². The van der Waals surface area contributed by atoms with Crippen molar-refractivity contribution in [3.05, 3.63) is 53.3 Å². The fourth-order valence-corrected chi connectivity index (χ4v) is 1.78. The number of hydrogen-bond acceptors (Lipinski definition) is 4. The van der Waals surface area contributed by atoms with Gasteiger partial charge >= 0.3 is 5.97 Å². The van der Waals surface area contributed by atoms with Crippen molar-refractivity contribution in [2.75, 3.05) is 12.4 Å². The largest absolute Gasteiger partial charge is 0.497 e. The zero-order valence-corrected chi connectivity index (χ0v) is 11.6. The van der Waals surface area contributed by atoms with Gasteiger partial charge in [-0.25, -0.2) is 9.78 Å². The Balaban J connectivity index is 2.16. The first-order valence-electron chi connectivity index (χ1n) is 6.17. The van der Waals surface area contributed by atoms with E-state index in [9.17, 15) is 9.59 Å². The van der Waals surface area contributed by atoms with Gasteiger partial charge in [0, 0.05) is 5.69 Å². The van der Waals surface area contributed by atoms with Crippen LogP contribution in [0.15, 0.2) is 36.4 Å². The van der Waals surface area contributed by atoms with Crippen molar-refractivity contribution in [2.45, 2.75) is 6.92 Å². The number of nitrogens with one attached hydrogen (secondary N) is 1. The molecule has 0 unspecified atom stereocenters. The van der Waals surface area contributed by atoms with Crippen molar-refractivity contribution < 1.29 is 19.4 Å². The number of carbonyl (C=O) groups excluding carboxylic acids is 1. The van der Waals surface area contributed by atoms with E-state index in [0.717, 1.165) is 0 Å². The van der Waals surface area contributed by atoms with Crippen molar-refractivity contribution in [1.82, 2.24) is 4.98 Å². The highest BCUT2D eigenvalue weighted by molar-refractivity contribution is 6.03. The number of amides is 1. The maximum Gasteiger partial charge on any atom is 0.337 e. The van der Waals surface area contributed by atoms with Gasteiger partial charge < -0.3 is 15.2 Å². The Morgan fingerprint density at radius 2 is 1.81 bits per heavy atom. The first kappa shape index (κ1) is 14.5. The van der Waals surface area contributed by atoms with Crippen LogP contribution in [0.25, 0.3) is 0 Å². The smallest absolute Gasteiger partial charge is 0.337 e. The van der Waals surface area contributed by atoms with Crippen LogP contribution in [0.2, 0.25) is 0 Å². The molecule has 0 aliphatic carbocycles. The highest BCUT2D eigenvalue weighted by atomic mass is 16.5. The zero-order valence-electron chi connectivity index (χ0n) is 11.6. The monoisotopic (exact) mass is 286 g/mol. The molecule has 1 aromatic carbocycles. The van der Waals surface area contributed by atoms with Crippen LogP contribution in [0.4, 0.5) is 5.69 Å². The number of carboxylic acids is 1. The average molecular weight is 286 g/mol. The summed E-state index contributed by atoms with van der Waals surface area (Å²) in [6.45, 7) is 1.55. The van der Waals surface area contributed by atoms with Crippen molar-refractivity contribution in [2.24, 2.45) is 0 Å². The molecule has 0 bridgehead atoms. The topological polar surface area (TPSA) is 88.5 Å². The molecule has 108 valence electrons. The van der Waals surface area contributed by atoms with Crippen LogP contribution in [0.3, 0.4) is 0 Å². The van der Waals surface area contributed by atoms with Crippen molar-refractivity contribution in [3.63, 3.8) is 0 Å². The van der Waals surface area contributed by atoms with Crippen LogP contribution < -0.4 is 10.1 Å². The van der Waals surface area contributed by atoms with Crippen molar-refractivity contribution in [3.8, 4) is 5.75 Å². The van der Waals surface area contributed by atoms with Crippen LogP contribution in [0.1, 0.15) is 26.5 Å². The first-order chi connectivity index (χ1) is 10.0. The summed E-state index contributed by atoms with van der Waals surface area (Å²) in [4.78, 5) is 27.0. The van der Waals surface area contributed by atoms with Gasteiger partial charge in [-0.2, -0.15) is 0 Å². The lowest BCUT2D eigenvalue weighted by molar-refractivity contribution is 0.0695. The summed E-state index contributed by atoms with van der Waals surface area (Å²) in [5.74, 6) is -0.782. The SMILES string of the molecule is COc1ccc(NC(=O)c2ccc(C(=O)O)c(C)n2)cc1. The standard InChI is InChI=1S/C15H14N2O4/c1-9-12(15(19)20)7-8-13(16-9)14(18)17-10-3-5-11(21-2)6-4-10/h3-8H,1-2H3,(H,17,18)(H,19,20). The number of anilines is 1. The van der Waals surface area contributed by atoms with Gasteiger partial charge in [0.2, 0.25) is 0 Å². The molecule has 6 nitrogen and oxygen atoms in total. The quantitative estimate of drug-likeness (QED) is 0.900. The Labute approximate surface area is 121 Å². The highest BCUT2D eigenvalue weighted by Crippen LogP contribution is 2.16. The molecule has 0 radical (unpaired) electrons. The average Bonchev–Trinajstić information content (AvgIpc) is 2.47. The number of rotatable bonds is 4. The maximum absolute atomic E-state index is 12.0. The van der Waals surface area contributed by atoms with Gasteiger partial charge in [0.05, 0.1) is 18.4 Å². The number of carboxylic acid groups (broad SMARTS) is 1. The molecule has 0 spiro atoms. The molecule has 6 heteroatoms. The predicted octanol–water partition coefficient (Wildman–Crippen LogP) is 2.35. The van der Waals surface area contributed by atoms with Gasteiger partial charge in [0.1, 0.15) is 11.4 Å². The van der Waals surface area contributed by atoms with Crippen LogP contribution in [0.5, 0.6) is 5.75 Å². The lowest BCUT2D eigenvalue weighted by Crippen LogP contribution is -2.15. The fraction of sp³-hybridized carbons (Fsp3) is 0.133. The van der Waals surface area contributed by atoms with Crippen molar-refractivity contribution >= 4 is 17.6 Å². The molecule has 0 aliphatic heterocycles. The van der Waals surface area contributed by atoms with Gasteiger partial charge in [-0.1, -0.05) is 0 Å². The normalized spacial score (nSPS) is 10.0. The number of carbonyl (C=O) groups is 2. The molecule has 1 heterocycles. The zero-order chi connectivity index (χ0) is 15.4. The highest BCUT2D eigenvalue weighted by Gasteiger charge is 2.13. The number of ether oxygens (including phenoxy) is 1. The Hall–Kier alpha value is -2.89. The molecule has 1 amide bonds. The number of aromatic carboxylic acids is 1. The second kappa shape index (κ2) is 6.04. The number of hydrogen-bond donors (Lipinski definition) is 2. The third-order valence-corrected chi connectivity index (χ3v) is 2.90. The number of nitrogens with zero attached hydrogens (tertiary/aromatic N) is 1. The maximum atomic E-state index is 12.0. The number of aromatic nitrogens is 1. The Bertz CT molecular complexity index is 681. The summed E-state index contributed by atoms with van der Waals surface area (Å²) in [5.41, 5.74) is 1.14. The minimum atomic E-state index is -1.07. The first-order valence-corrected chi connectivity index (χ1v) is 6.17. The Morgan fingerprint density at radius 1 is 1.14 bits per heavy atom. The minimum Gasteiger partial charge on any atom is -0.497 e. The van der Waals surface area contributed by atoms with E-state index in [1.54, 1.807) is 38.3 Å². The summed E-state index contributed by atoms with van der Waals surface area (Å²) in [7, 11) is 1.56. The summed E-state index contributed by atoms with van der Waals surface area (Å²) < 4.78 is 5.03. The van der Waals surface area contributed by atoms with E-state index >= 15 is 0 Å². The molecule has 2 rings (SSSR count). The van der Waals surface area contributed by atoms with Gasteiger partial charge in [-0.15, -0.1) is 0 Å². The molecular weight excluding hydrogens is 272 g/mol. The second-order valence-corrected chi connectivity index (χ2v) is 4.32. The van der Waals surface area contributed by atoms with Crippen LogP contribution >= 0.6 is 0 Å². The predicted molar refractivity (Wildman–Crippen MR) is 76.9 cm³/mol. The molecule has 0 aliphatic rings. The number of pyridine rings is 1. The van der Waals surface area contributed by atoms with E-state index in [1.807, 2.05) is 0 Å². The lowest BCUT2D eigenvalue weighted by atomic mass is 10.2. The second-order valence-electron chi connectivity index (χ2n) is 4.32. The summed E-state index contributed by atoms with van der Waals surface area (Å²) in [5, 5.41) is 11.6. The summed E-state index contributed by atoms with van der Waals surface area (Å²) in [6.07, 6.45) is 0. The molecule has 21 heavy (non-hydrogen) atoms. The summed E-state index contributed by atoms with van der Waals surface area (Å²) in [6, 6.07) is 9.61. The van der Waals surface area contributed by atoms with E-state index in [2.05, 4.69) is 10.3 Å². The number of aryl methyl sites for hydroxylation is 1. The van der Waals surface area contributed by atoms with Crippen LogP contribution in [-0.2, 0) is 0 Å². The summed E-state index contributed by atoms with van der Waals surface area (Å²) >= 11 is 0. The minimum absolute atomic E-state index is 0.0796. The molecule has 0 saturated heterocycles. The van der Waals surface area contributed by atoms with E-state index in [1.165, 1.54) is 12.1 Å². The van der Waals surface area contributed by atoms with E-state index in [0.29, 0.717) is 17.1 Å². The Morgan fingerprint density at radius 3 is 2.33 bits per heavy atom. The van der Waals surface area contributed by atoms with E-state index < -0.39 is 11.9 Å². The molecule has 1 aromatic heterocycles.